The fourth-order valence-electron chi connectivity index (χ4n) is 0.406. The maximum Gasteiger partial charge on any atom is 0.254 e. The van der Waals surface area contributed by atoms with Gasteiger partial charge in [-0.1, -0.05) is 0 Å². The van der Waals surface area contributed by atoms with Gasteiger partial charge in [0.05, 0.1) is 0 Å². The van der Waals surface area contributed by atoms with Gasteiger partial charge >= 0.3 is 0 Å². The normalized spacial score (nSPS) is 8.36. The third kappa shape index (κ3) is 2.99. The standard InChI is InChI=1S/C5H7N3O3/c6-3(9)1-2(4(7)10)5(8)11/h1H,(H2,6,9)(H2,7,10)(H2,8,11). The Hall–Kier alpha value is -1.85. The molecule has 0 aromatic rings. The van der Waals surface area contributed by atoms with Crippen molar-refractivity contribution in [2.24, 2.45) is 17.2 Å². The molecular weight excluding hydrogens is 150 g/mol. The van der Waals surface area contributed by atoms with Crippen molar-refractivity contribution >= 4 is 17.7 Å². The Morgan fingerprint density at radius 2 is 1.27 bits per heavy atom. The lowest BCUT2D eigenvalue weighted by molar-refractivity contribution is -0.121. The molecule has 6 nitrogen and oxygen atoms in total. The van der Waals surface area contributed by atoms with Crippen molar-refractivity contribution in [2.45, 2.75) is 0 Å². The molecule has 60 valence electrons. The maximum atomic E-state index is 10.3. The molecular formula is C5H7N3O3. The van der Waals surface area contributed by atoms with E-state index < -0.39 is 23.3 Å². The maximum absolute atomic E-state index is 10.3. The van der Waals surface area contributed by atoms with Crippen LogP contribution in [0, 0.1) is 0 Å². The molecule has 0 saturated carbocycles. The molecule has 0 heterocycles. The highest BCUT2D eigenvalue weighted by atomic mass is 16.2. The molecule has 0 spiro atoms. The van der Waals surface area contributed by atoms with E-state index in [0.717, 1.165) is 0 Å². The van der Waals surface area contributed by atoms with E-state index in [1.807, 2.05) is 0 Å². The Labute approximate surface area is 62.0 Å². The van der Waals surface area contributed by atoms with Crippen LogP contribution in [0.15, 0.2) is 11.6 Å². The van der Waals surface area contributed by atoms with E-state index in [4.69, 9.17) is 0 Å². The van der Waals surface area contributed by atoms with Crippen LogP contribution in [-0.2, 0) is 14.4 Å². The van der Waals surface area contributed by atoms with Gasteiger partial charge in [-0.3, -0.25) is 14.4 Å². The minimum Gasteiger partial charge on any atom is -0.366 e. The zero-order valence-corrected chi connectivity index (χ0v) is 5.53. The lowest BCUT2D eigenvalue weighted by Crippen LogP contribution is -2.27. The number of nitrogens with two attached hydrogens (primary N) is 3. The van der Waals surface area contributed by atoms with Crippen molar-refractivity contribution in [1.82, 2.24) is 0 Å². The monoisotopic (exact) mass is 157 g/mol. The van der Waals surface area contributed by atoms with Crippen LogP contribution in [0.4, 0.5) is 0 Å². The summed E-state index contributed by atoms with van der Waals surface area (Å²) in [5.74, 6) is -3.09. The summed E-state index contributed by atoms with van der Waals surface area (Å²) in [4.78, 5) is 30.8. The van der Waals surface area contributed by atoms with E-state index in [2.05, 4.69) is 17.2 Å². The van der Waals surface area contributed by atoms with Crippen molar-refractivity contribution < 1.29 is 14.4 Å². The first-order chi connectivity index (χ1) is 4.95. The number of primary amides is 3. The Morgan fingerprint density at radius 1 is 0.909 bits per heavy atom. The van der Waals surface area contributed by atoms with E-state index in [1.165, 1.54) is 0 Å². The molecule has 0 fully saturated rings. The molecule has 0 aliphatic rings. The zero-order chi connectivity index (χ0) is 9.02. The van der Waals surface area contributed by atoms with E-state index in [0.29, 0.717) is 6.08 Å². The lowest BCUT2D eigenvalue weighted by Gasteiger charge is -1.93. The second-order valence-electron chi connectivity index (χ2n) is 1.69. The summed E-state index contributed by atoms with van der Waals surface area (Å²) in [5, 5.41) is 0. The average molecular weight is 157 g/mol. The predicted molar refractivity (Wildman–Crippen MR) is 35.7 cm³/mol. The molecule has 0 saturated heterocycles. The van der Waals surface area contributed by atoms with Crippen LogP contribution in [0.3, 0.4) is 0 Å². The summed E-state index contributed by atoms with van der Waals surface area (Å²) >= 11 is 0. The number of carbonyl (C=O) groups is 3. The van der Waals surface area contributed by atoms with Crippen molar-refractivity contribution in [3.8, 4) is 0 Å². The second kappa shape index (κ2) is 3.35. The SMILES string of the molecule is NC(=O)C=C(C(N)=O)C(N)=O. The van der Waals surface area contributed by atoms with E-state index in [9.17, 15) is 14.4 Å². The molecule has 0 aliphatic carbocycles. The van der Waals surface area contributed by atoms with Gasteiger partial charge in [0.15, 0.2) is 0 Å². The van der Waals surface area contributed by atoms with E-state index in [1.54, 1.807) is 0 Å². The first-order valence-electron chi connectivity index (χ1n) is 2.56. The largest absolute Gasteiger partial charge is 0.366 e. The first-order valence-corrected chi connectivity index (χ1v) is 2.56. The average Bonchev–Trinajstić information content (AvgIpc) is 1.81. The molecule has 0 atom stereocenters. The fourth-order valence-corrected chi connectivity index (χ4v) is 0.406. The third-order valence-electron chi connectivity index (χ3n) is 0.818. The number of amides is 3. The highest BCUT2D eigenvalue weighted by Crippen LogP contribution is 1.89. The quantitative estimate of drug-likeness (QED) is 0.235. The van der Waals surface area contributed by atoms with Gasteiger partial charge in [-0.15, -0.1) is 0 Å². The summed E-state index contributed by atoms with van der Waals surface area (Å²) in [5.41, 5.74) is 13.4. The van der Waals surface area contributed by atoms with E-state index >= 15 is 0 Å². The van der Waals surface area contributed by atoms with Crippen LogP contribution in [-0.4, -0.2) is 17.7 Å². The Balaban J connectivity index is 4.75. The fraction of sp³-hybridized carbons (Fsp3) is 0. The van der Waals surface area contributed by atoms with Crippen LogP contribution in [0.25, 0.3) is 0 Å². The van der Waals surface area contributed by atoms with Crippen LogP contribution < -0.4 is 17.2 Å². The molecule has 3 amide bonds. The van der Waals surface area contributed by atoms with Crippen molar-refractivity contribution in [3.63, 3.8) is 0 Å². The summed E-state index contributed by atoms with van der Waals surface area (Å²) < 4.78 is 0. The molecule has 0 aliphatic heterocycles. The van der Waals surface area contributed by atoms with Gasteiger partial charge in [-0.05, 0) is 0 Å². The van der Waals surface area contributed by atoms with Crippen molar-refractivity contribution in [3.05, 3.63) is 11.6 Å². The van der Waals surface area contributed by atoms with Crippen molar-refractivity contribution in [2.75, 3.05) is 0 Å². The van der Waals surface area contributed by atoms with Gasteiger partial charge in [-0.25, -0.2) is 0 Å². The highest BCUT2D eigenvalue weighted by Gasteiger charge is 2.11. The molecule has 0 aromatic heterocycles. The molecule has 11 heavy (non-hydrogen) atoms. The molecule has 0 aromatic carbocycles. The Bertz CT molecular complexity index is 227. The van der Waals surface area contributed by atoms with Gasteiger partial charge in [0.2, 0.25) is 5.91 Å². The molecule has 6 heteroatoms. The second-order valence-corrected chi connectivity index (χ2v) is 1.69. The molecule has 0 rings (SSSR count). The molecule has 0 unspecified atom stereocenters. The van der Waals surface area contributed by atoms with E-state index in [-0.39, 0.29) is 0 Å². The van der Waals surface area contributed by atoms with Crippen LogP contribution in [0.5, 0.6) is 0 Å². The minimum atomic E-state index is -1.07. The molecule has 6 N–H and O–H groups in total. The van der Waals surface area contributed by atoms with Gasteiger partial charge < -0.3 is 17.2 Å². The zero-order valence-electron chi connectivity index (χ0n) is 5.53. The van der Waals surface area contributed by atoms with Gasteiger partial charge in [0, 0.05) is 6.08 Å². The van der Waals surface area contributed by atoms with Gasteiger partial charge in [-0.2, -0.15) is 0 Å². The molecule has 0 bridgehead atoms. The smallest absolute Gasteiger partial charge is 0.254 e. The Kier molecular flexibility index (Phi) is 2.79. The Morgan fingerprint density at radius 3 is 1.36 bits per heavy atom. The number of carbonyl (C=O) groups excluding carboxylic acids is 3. The number of rotatable bonds is 3. The highest BCUT2D eigenvalue weighted by molar-refractivity contribution is 6.20. The topological polar surface area (TPSA) is 129 Å². The summed E-state index contributed by atoms with van der Waals surface area (Å²) in [6.45, 7) is 0. The lowest BCUT2D eigenvalue weighted by atomic mass is 10.2. The van der Waals surface area contributed by atoms with Gasteiger partial charge in [0.25, 0.3) is 11.8 Å². The predicted octanol–water partition coefficient (Wildman–Crippen LogP) is -2.63. The van der Waals surface area contributed by atoms with Crippen molar-refractivity contribution in [1.29, 1.82) is 0 Å². The summed E-state index contributed by atoms with van der Waals surface area (Å²) in [7, 11) is 0. The summed E-state index contributed by atoms with van der Waals surface area (Å²) in [6, 6.07) is 0. The number of hydrogen-bond acceptors (Lipinski definition) is 3. The van der Waals surface area contributed by atoms with Crippen LogP contribution in [0.2, 0.25) is 0 Å². The molecule has 0 radical (unpaired) electrons. The van der Waals surface area contributed by atoms with Crippen LogP contribution >= 0.6 is 0 Å². The minimum absolute atomic E-state index is 0.588. The number of hydrogen-bond donors (Lipinski definition) is 3. The summed E-state index contributed by atoms with van der Waals surface area (Å²) in [6.07, 6.45) is 0.588. The van der Waals surface area contributed by atoms with Crippen LogP contribution in [0.1, 0.15) is 0 Å². The van der Waals surface area contributed by atoms with Gasteiger partial charge in [0.1, 0.15) is 5.57 Å². The third-order valence-corrected chi connectivity index (χ3v) is 0.818. The first kappa shape index (κ1) is 9.15.